The largest absolute Gasteiger partial charge is 0.393 e. The number of nitrogens with one attached hydrogen (secondary N) is 1. The molecule has 1 atom stereocenters. The van der Waals surface area contributed by atoms with Crippen LogP contribution in [0, 0.1) is 11.8 Å². The van der Waals surface area contributed by atoms with E-state index in [1.165, 1.54) is 0 Å². The second-order valence-corrected chi connectivity index (χ2v) is 6.26. The lowest BCUT2D eigenvalue weighted by atomic mass is 9.86. The first kappa shape index (κ1) is 14.5. The van der Waals surface area contributed by atoms with Crippen LogP contribution < -0.4 is 5.32 Å². The van der Waals surface area contributed by atoms with Gasteiger partial charge in [0.2, 0.25) is 5.91 Å². The van der Waals surface area contributed by atoms with Crippen molar-refractivity contribution in [2.24, 2.45) is 11.8 Å². The summed E-state index contributed by atoms with van der Waals surface area (Å²) in [5.74, 6) is 1.53. The zero-order valence-corrected chi connectivity index (χ0v) is 12.5. The molecule has 6 nitrogen and oxygen atoms in total. The molecule has 0 aromatic carbocycles. The number of carbonyl (C=O) groups excluding carboxylic acids is 1. The minimum atomic E-state index is -0.225. The highest BCUT2D eigenvalue weighted by atomic mass is 16.3. The number of rotatable bonds is 5. The average molecular weight is 292 g/mol. The molecule has 6 heteroatoms. The first-order valence-electron chi connectivity index (χ1n) is 8.05. The second-order valence-electron chi connectivity index (χ2n) is 6.26. The second kappa shape index (κ2) is 6.13. The van der Waals surface area contributed by atoms with E-state index in [4.69, 9.17) is 0 Å². The first-order chi connectivity index (χ1) is 10.2. The van der Waals surface area contributed by atoms with Crippen molar-refractivity contribution in [3.63, 3.8) is 0 Å². The van der Waals surface area contributed by atoms with E-state index in [1.54, 1.807) is 6.33 Å². The molecule has 0 aliphatic heterocycles. The van der Waals surface area contributed by atoms with E-state index in [0.29, 0.717) is 5.92 Å². The SMILES string of the molecule is CCn1ncnc1C(NC(=O)C1CCC(O)CC1)C1CC1. The Morgan fingerprint density at radius 1 is 1.38 bits per heavy atom. The fraction of sp³-hybridized carbons (Fsp3) is 0.800. The van der Waals surface area contributed by atoms with Gasteiger partial charge in [-0.3, -0.25) is 4.79 Å². The molecule has 0 spiro atoms. The third kappa shape index (κ3) is 3.26. The molecule has 21 heavy (non-hydrogen) atoms. The van der Waals surface area contributed by atoms with Gasteiger partial charge in [0.15, 0.2) is 0 Å². The van der Waals surface area contributed by atoms with Crippen molar-refractivity contribution < 1.29 is 9.90 Å². The van der Waals surface area contributed by atoms with Crippen LogP contribution in [-0.2, 0) is 11.3 Å². The molecule has 2 fully saturated rings. The van der Waals surface area contributed by atoms with Crippen LogP contribution in [0.5, 0.6) is 0 Å². The Labute approximate surface area is 124 Å². The van der Waals surface area contributed by atoms with Gasteiger partial charge in [-0.05, 0) is 51.4 Å². The van der Waals surface area contributed by atoms with Crippen molar-refractivity contribution in [2.75, 3.05) is 0 Å². The van der Waals surface area contributed by atoms with E-state index in [-0.39, 0.29) is 24.0 Å². The van der Waals surface area contributed by atoms with Crippen LogP contribution in [0.15, 0.2) is 6.33 Å². The van der Waals surface area contributed by atoms with E-state index in [2.05, 4.69) is 15.4 Å². The normalized spacial score (nSPS) is 27.3. The van der Waals surface area contributed by atoms with Crippen LogP contribution in [0.3, 0.4) is 0 Å². The molecule has 2 saturated carbocycles. The molecule has 1 aromatic rings. The van der Waals surface area contributed by atoms with Gasteiger partial charge in [-0.25, -0.2) is 9.67 Å². The number of aromatic nitrogens is 3. The minimum Gasteiger partial charge on any atom is -0.393 e. The van der Waals surface area contributed by atoms with Crippen molar-refractivity contribution in [3.05, 3.63) is 12.2 Å². The smallest absolute Gasteiger partial charge is 0.223 e. The third-order valence-electron chi connectivity index (χ3n) is 4.68. The van der Waals surface area contributed by atoms with Gasteiger partial charge in [-0.2, -0.15) is 5.10 Å². The maximum absolute atomic E-state index is 12.5. The van der Waals surface area contributed by atoms with Crippen molar-refractivity contribution in [1.29, 1.82) is 0 Å². The fourth-order valence-electron chi connectivity index (χ4n) is 3.19. The number of hydrogen-bond acceptors (Lipinski definition) is 4. The molecule has 2 N–H and O–H groups in total. The Morgan fingerprint density at radius 2 is 2.10 bits per heavy atom. The highest BCUT2D eigenvalue weighted by molar-refractivity contribution is 5.79. The molecule has 1 unspecified atom stereocenters. The predicted octanol–water partition coefficient (Wildman–Crippen LogP) is 1.42. The predicted molar refractivity (Wildman–Crippen MR) is 77.3 cm³/mol. The highest BCUT2D eigenvalue weighted by Gasteiger charge is 2.37. The molecule has 0 radical (unpaired) electrons. The van der Waals surface area contributed by atoms with Crippen LogP contribution >= 0.6 is 0 Å². The summed E-state index contributed by atoms with van der Waals surface area (Å²) < 4.78 is 1.87. The Balaban J connectivity index is 1.67. The molecule has 0 bridgehead atoms. The van der Waals surface area contributed by atoms with Gasteiger partial charge in [0.1, 0.15) is 12.2 Å². The summed E-state index contributed by atoms with van der Waals surface area (Å²) in [4.78, 5) is 16.8. The summed E-state index contributed by atoms with van der Waals surface area (Å²) in [5.41, 5.74) is 0. The molecular weight excluding hydrogens is 268 g/mol. The van der Waals surface area contributed by atoms with Gasteiger partial charge < -0.3 is 10.4 Å². The molecule has 1 aromatic heterocycles. The Hall–Kier alpha value is -1.43. The summed E-state index contributed by atoms with van der Waals surface area (Å²) in [6, 6.07) is -0.00759. The van der Waals surface area contributed by atoms with Crippen molar-refractivity contribution in [2.45, 2.75) is 64.1 Å². The first-order valence-corrected chi connectivity index (χ1v) is 8.05. The van der Waals surface area contributed by atoms with Gasteiger partial charge in [0, 0.05) is 12.5 Å². The Bertz CT molecular complexity index is 490. The van der Waals surface area contributed by atoms with E-state index >= 15 is 0 Å². The van der Waals surface area contributed by atoms with Crippen LogP contribution in [0.25, 0.3) is 0 Å². The summed E-state index contributed by atoms with van der Waals surface area (Å²) in [6.45, 7) is 2.80. The molecule has 116 valence electrons. The summed E-state index contributed by atoms with van der Waals surface area (Å²) in [7, 11) is 0. The maximum Gasteiger partial charge on any atom is 0.223 e. The molecule has 2 aliphatic rings. The van der Waals surface area contributed by atoms with Crippen LogP contribution in [0.1, 0.15) is 57.3 Å². The van der Waals surface area contributed by atoms with E-state index in [0.717, 1.165) is 50.9 Å². The Morgan fingerprint density at radius 3 is 2.71 bits per heavy atom. The van der Waals surface area contributed by atoms with Gasteiger partial charge >= 0.3 is 0 Å². The summed E-state index contributed by atoms with van der Waals surface area (Å²) >= 11 is 0. The highest BCUT2D eigenvalue weighted by Crippen LogP contribution is 2.40. The van der Waals surface area contributed by atoms with Crippen molar-refractivity contribution in [1.82, 2.24) is 20.1 Å². The number of aliphatic hydroxyl groups is 1. The quantitative estimate of drug-likeness (QED) is 0.860. The zero-order valence-electron chi connectivity index (χ0n) is 12.5. The van der Waals surface area contributed by atoms with Crippen LogP contribution in [0.2, 0.25) is 0 Å². The number of aliphatic hydroxyl groups excluding tert-OH is 1. The van der Waals surface area contributed by atoms with E-state index in [9.17, 15) is 9.90 Å². The van der Waals surface area contributed by atoms with E-state index in [1.807, 2.05) is 11.6 Å². The van der Waals surface area contributed by atoms with E-state index < -0.39 is 0 Å². The summed E-state index contributed by atoms with van der Waals surface area (Å²) in [5, 5.41) is 17.0. The molecule has 3 rings (SSSR count). The van der Waals surface area contributed by atoms with Crippen molar-refractivity contribution in [3.8, 4) is 0 Å². The van der Waals surface area contributed by atoms with Gasteiger partial charge in [-0.15, -0.1) is 0 Å². The van der Waals surface area contributed by atoms with Gasteiger partial charge in [0.05, 0.1) is 12.1 Å². The molecule has 1 amide bonds. The zero-order chi connectivity index (χ0) is 14.8. The Kier molecular flexibility index (Phi) is 4.24. The number of carbonyl (C=O) groups is 1. The standard InChI is InChI=1S/C15H24N4O2/c1-2-19-14(16-9-17-19)13(10-3-4-10)18-15(21)11-5-7-12(20)8-6-11/h9-13,20H,2-8H2,1H3,(H,18,21). The summed E-state index contributed by atoms with van der Waals surface area (Å²) in [6.07, 6.45) is 6.66. The van der Waals surface area contributed by atoms with Crippen LogP contribution in [0.4, 0.5) is 0 Å². The number of aryl methyl sites for hydroxylation is 1. The topological polar surface area (TPSA) is 80.0 Å². The average Bonchev–Trinajstić information content (AvgIpc) is 3.22. The molecule has 1 heterocycles. The third-order valence-corrected chi connectivity index (χ3v) is 4.68. The lowest BCUT2D eigenvalue weighted by Gasteiger charge is -2.27. The lowest BCUT2D eigenvalue weighted by Crippen LogP contribution is -2.38. The molecular formula is C15H24N4O2. The van der Waals surface area contributed by atoms with Crippen LogP contribution in [-0.4, -0.2) is 31.9 Å². The number of hydrogen-bond donors (Lipinski definition) is 2. The lowest BCUT2D eigenvalue weighted by molar-refractivity contribution is -0.127. The fourth-order valence-corrected chi connectivity index (χ4v) is 3.19. The van der Waals surface area contributed by atoms with Gasteiger partial charge in [0.25, 0.3) is 0 Å². The minimum absolute atomic E-state index is 0.00759. The van der Waals surface area contributed by atoms with Crippen molar-refractivity contribution >= 4 is 5.91 Å². The molecule has 0 saturated heterocycles. The van der Waals surface area contributed by atoms with Gasteiger partial charge in [-0.1, -0.05) is 0 Å². The number of nitrogens with zero attached hydrogens (tertiary/aromatic N) is 3. The monoisotopic (exact) mass is 292 g/mol. The molecule has 2 aliphatic carbocycles. The number of amides is 1. The maximum atomic E-state index is 12.5.